The highest BCUT2D eigenvalue weighted by Crippen LogP contribution is 2.26. The van der Waals surface area contributed by atoms with Crippen molar-refractivity contribution in [3.63, 3.8) is 0 Å². The lowest BCUT2D eigenvalue weighted by atomic mass is 10.0. The Balaban J connectivity index is 2.16. The average molecular weight is 285 g/mol. The third kappa shape index (κ3) is 2.59. The van der Waals surface area contributed by atoms with Crippen molar-refractivity contribution in [3.05, 3.63) is 77.3 Å². The predicted molar refractivity (Wildman–Crippen MR) is 84.9 cm³/mol. The minimum Gasteiger partial charge on any atom is -0.256 e. The Morgan fingerprint density at radius 3 is 2.35 bits per heavy atom. The van der Waals surface area contributed by atoms with Crippen LogP contribution in [0.5, 0.6) is 0 Å². The molecule has 0 saturated heterocycles. The van der Waals surface area contributed by atoms with Crippen molar-refractivity contribution in [2.45, 2.75) is 6.92 Å². The first-order valence-electron chi connectivity index (χ1n) is 8.61. The molecule has 0 spiro atoms. The Morgan fingerprint density at radius 2 is 1.70 bits per heavy atom. The Hall–Kier alpha value is -2.12. The summed E-state index contributed by atoms with van der Waals surface area (Å²) < 4.78 is 39.5. The smallest absolute Gasteiger partial charge is 0.0705 e. The van der Waals surface area contributed by atoms with Crippen molar-refractivity contribution in [2.24, 2.45) is 0 Å². The normalized spacial score (nSPS) is 14.0. The summed E-state index contributed by atoms with van der Waals surface area (Å²) in [5.41, 5.74) is 3.08. The van der Waals surface area contributed by atoms with Gasteiger partial charge in [0.15, 0.2) is 0 Å². The van der Waals surface area contributed by atoms with Gasteiger partial charge in [0.25, 0.3) is 0 Å². The number of pyridine rings is 1. The standard InChI is InChI=1S/C18H14ClN/c1-13-11-18(15-7-9-16(19)10-8-15)20-12-17(13)14-5-3-2-4-6-14/h2-12H,1H3/i2D,3D,4D,5D,6D. The molecule has 3 rings (SSSR count). The van der Waals surface area contributed by atoms with Crippen molar-refractivity contribution in [1.82, 2.24) is 4.98 Å². The number of halogens is 1. The zero-order valence-electron chi connectivity index (χ0n) is 15.8. The van der Waals surface area contributed by atoms with Gasteiger partial charge in [-0.1, -0.05) is 53.9 Å². The average Bonchev–Trinajstić information content (AvgIpc) is 2.60. The van der Waals surface area contributed by atoms with Gasteiger partial charge in [-0.25, -0.2) is 0 Å². The predicted octanol–water partition coefficient (Wildman–Crippen LogP) is 5.38. The van der Waals surface area contributed by atoms with Gasteiger partial charge in [0.1, 0.15) is 0 Å². The van der Waals surface area contributed by atoms with Gasteiger partial charge in [-0.05, 0) is 36.2 Å². The van der Waals surface area contributed by atoms with Gasteiger partial charge in [-0.3, -0.25) is 4.98 Å². The minimum absolute atomic E-state index is 0.165. The van der Waals surface area contributed by atoms with Crippen LogP contribution in [-0.2, 0) is 0 Å². The summed E-state index contributed by atoms with van der Waals surface area (Å²) in [6.45, 7) is 1.83. The summed E-state index contributed by atoms with van der Waals surface area (Å²) in [5.74, 6) is 0. The highest BCUT2D eigenvalue weighted by molar-refractivity contribution is 6.30. The monoisotopic (exact) mass is 284 g/mol. The van der Waals surface area contributed by atoms with E-state index in [1.165, 1.54) is 0 Å². The quantitative estimate of drug-likeness (QED) is 0.616. The third-order valence-electron chi connectivity index (χ3n) is 3.02. The molecule has 0 fully saturated rings. The summed E-state index contributed by atoms with van der Waals surface area (Å²) >= 11 is 5.90. The van der Waals surface area contributed by atoms with E-state index in [4.69, 9.17) is 18.5 Å². The maximum atomic E-state index is 8.10. The number of aromatic nitrogens is 1. The van der Waals surface area contributed by atoms with Crippen LogP contribution >= 0.6 is 11.6 Å². The molecule has 0 aliphatic rings. The van der Waals surface area contributed by atoms with Crippen molar-refractivity contribution >= 4 is 11.6 Å². The van der Waals surface area contributed by atoms with E-state index in [2.05, 4.69) is 4.98 Å². The lowest BCUT2D eigenvalue weighted by Crippen LogP contribution is -1.89. The molecule has 0 aliphatic heterocycles. The Kier molecular flexibility index (Phi) is 2.25. The zero-order valence-corrected chi connectivity index (χ0v) is 11.5. The Bertz CT molecular complexity index is 941. The van der Waals surface area contributed by atoms with E-state index < -0.39 is 6.04 Å². The van der Waals surface area contributed by atoms with Crippen molar-refractivity contribution in [1.29, 1.82) is 0 Å². The van der Waals surface area contributed by atoms with Crippen LogP contribution in [0.15, 0.2) is 66.7 Å². The SMILES string of the molecule is [2H]c1c([2H])c([2H])c(-c2cnc(-c3ccc(Cl)cc3)cc2C)c([2H])c1[2H]. The van der Waals surface area contributed by atoms with Crippen LogP contribution in [0.1, 0.15) is 12.4 Å². The molecule has 0 bridgehead atoms. The topological polar surface area (TPSA) is 12.9 Å². The van der Waals surface area contributed by atoms with Crippen molar-refractivity contribution < 1.29 is 6.85 Å². The molecule has 1 aromatic heterocycles. The molecule has 0 atom stereocenters. The molecular weight excluding hydrogens is 266 g/mol. The lowest BCUT2D eigenvalue weighted by Gasteiger charge is -2.08. The second-order valence-electron chi connectivity index (χ2n) is 4.39. The van der Waals surface area contributed by atoms with Crippen LogP contribution in [-0.4, -0.2) is 4.98 Å². The maximum Gasteiger partial charge on any atom is 0.0705 e. The first-order chi connectivity index (χ1) is 11.8. The molecule has 2 aromatic carbocycles. The van der Waals surface area contributed by atoms with Gasteiger partial charge in [0.05, 0.1) is 12.5 Å². The molecule has 98 valence electrons. The van der Waals surface area contributed by atoms with Gasteiger partial charge in [-0.15, -0.1) is 0 Å². The van der Waals surface area contributed by atoms with Gasteiger partial charge in [0, 0.05) is 22.3 Å². The molecule has 0 saturated carbocycles. The molecule has 0 radical (unpaired) electrons. The molecule has 2 heteroatoms. The Morgan fingerprint density at radius 1 is 1.00 bits per heavy atom. The highest BCUT2D eigenvalue weighted by Gasteiger charge is 2.05. The molecule has 0 unspecified atom stereocenters. The fraction of sp³-hybridized carbons (Fsp3) is 0.0556. The van der Waals surface area contributed by atoms with Crippen LogP contribution in [0.2, 0.25) is 5.02 Å². The third-order valence-corrected chi connectivity index (χ3v) is 3.27. The van der Waals surface area contributed by atoms with Gasteiger partial charge < -0.3 is 0 Å². The summed E-state index contributed by atoms with van der Waals surface area (Å²) in [7, 11) is 0. The van der Waals surface area contributed by atoms with Crippen LogP contribution in [0.4, 0.5) is 0 Å². The number of benzene rings is 2. The van der Waals surface area contributed by atoms with Crippen LogP contribution in [0, 0.1) is 6.92 Å². The molecule has 0 N–H and O–H groups in total. The minimum atomic E-state index is -0.401. The summed E-state index contributed by atoms with van der Waals surface area (Å²) in [4.78, 5) is 4.40. The van der Waals surface area contributed by atoms with E-state index in [-0.39, 0.29) is 29.7 Å². The summed E-state index contributed by atoms with van der Waals surface area (Å²) in [6.07, 6.45) is 1.55. The molecule has 20 heavy (non-hydrogen) atoms. The number of rotatable bonds is 2. The highest BCUT2D eigenvalue weighted by atomic mass is 35.5. The summed E-state index contributed by atoms with van der Waals surface area (Å²) in [6, 6.07) is 7.54. The van der Waals surface area contributed by atoms with Crippen LogP contribution in [0.3, 0.4) is 0 Å². The zero-order chi connectivity index (χ0) is 18.3. The van der Waals surface area contributed by atoms with E-state index in [0.717, 1.165) is 16.8 Å². The van der Waals surface area contributed by atoms with Crippen LogP contribution in [0.25, 0.3) is 22.4 Å². The summed E-state index contributed by atoms with van der Waals surface area (Å²) in [5, 5.41) is 0.635. The molecule has 1 heterocycles. The van der Waals surface area contributed by atoms with Gasteiger partial charge >= 0.3 is 0 Å². The van der Waals surface area contributed by atoms with Gasteiger partial charge in [0.2, 0.25) is 0 Å². The first-order valence-corrected chi connectivity index (χ1v) is 6.49. The fourth-order valence-electron chi connectivity index (χ4n) is 1.98. The number of nitrogens with zero attached hydrogens (tertiary/aromatic N) is 1. The van der Waals surface area contributed by atoms with Crippen molar-refractivity contribution in [3.8, 4) is 22.4 Å². The van der Waals surface area contributed by atoms with Crippen LogP contribution < -0.4 is 0 Å². The lowest BCUT2D eigenvalue weighted by molar-refractivity contribution is 1.29. The first kappa shape index (κ1) is 8.23. The number of aryl methyl sites for hydroxylation is 1. The number of hydrogen-bond acceptors (Lipinski definition) is 1. The van der Waals surface area contributed by atoms with Crippen molar-refractivity contribution in [2.75, 3.05) is 0 Å². The Labute approximate surface area is 130 Å². The van der Waals surface area contributed by atoms with E-state index in [1.54, 1.807) is 18.3 Å². The molecular formula is C18H14ClN. The van der Waals surface area contributed by atoms with Gasteiger partial charge in [-0.2, -0.15) is 0 Å². The number of hydrogen-bond donors (Lipinski definition) is 0. The molecule has 3 aromatic rings. The molecule has 0 aliphatic carbocycles. The molecule has 1 nitrogen and oxygen atoms in total. The largest absolute Gasteiger partial charge is 0.256 e. The van der Waals surface area contributed by atoms with E-state index in [1.807, 2.05) is 25.1 Å². The molecule has 0 amide bonds. The second kappa shape index (κ2) is 5.48. The van der Waals surface area contributed by atoms with E-state index >= 15 is 0 Å². The maximum absolute atomic E-state index is 8.10. The fourth-order valence-corrected chi connectivity index (χ4v) is 2.11. The van der Waals surface area contributed by atoms with E-state index in [0.29, 0.717) is 10.6 Å². The van der Waals surface area contributed by atoms with E-state index in [9.17, 15) is 0 Å². The second-order valence-corrected chi connectivity index (χ2v) is 4.83.